The summed E-state index contributed by atoms with van der Waals surface area (Å²) in [6, 6.07) is 9.62. The van der Waals surface area contributed by atoms with Crippen LogP contribution in [0.25, 0.3) is 0 Å². The monoisotopic (exact) mass is 261 g/mol. The molecule has 19 heavy (non-hydrogen) atoms. The third kappa shape index (κ3) is 4.28. The number of nitrogens with one attached hydrogen (secondary N) is 2. The van der Waals surface area contributed by atoms with E-state index in [-0.39, 0.29) is 5.92 Å². The molecule has 0 fully saturated rings. The number of ether oxygens (including phenoxy) is 1. The number of benzene rings is 1. The minimum atomic E-state index is -0.394. The normalized spacial score (nSPS) is 15.3. The molecule has 1 amide bonds. The van der Waals surface area contributed by atoms with Crippen LogP contribution < -0.4 is 10.6 Å². The Morgan fingerprint density at radius 1 is 1.47 bits per heavy atom. The molecule has 0 saturated carbocycles. The second-order valence-electron chi connectivity index (χ2n) is 4.54. The molecule has 0 unspecified atom stereocenters. The molecule has 1 atom stereocenters. The van der Waals surface area contributed by atoms with Crippen LogP contribution in [-0.2, 0) is 11.3 Å². The molecule has 5 nitrogen and oxygen atoms in total. The fourth-order valence-electron chi connectivity index (χ4n) is 1.85. The van der Waals surface area contributed by atoms with E-state index in [9.17, 15) is 4.79 Å². The Morgan fingerprint density at radius 2 is 2.26 bits per heavy atom. The molecular formula is C14H19N3O2. The Labute approximate surface area is 113 Å². The lowest BCUT2D eigenvalue weighted by Gasteiger charge is -2.13. The number of hydrogen-bond acceptors (Lipinski definition) is 4. The fourth-order valence-corrected chi connectivity index (χ4v) is 1.85. The zero-order valence-electron chi connectivity index (χ0n) is 11.1. The van der Waals surface area contributed by atoms with Crippen LogP contribution in [0.4, 0.5) is 4.79 Å². The van der Waals surface area contributed by atoms with E-state index in [1.807, 2.05) is 37.3 Å². The number of amides is 1. The summed E-state index contributed by atoms with van der Waals surface area (Å²) >= 11 is 0. The number of carbonyl (C=O) groups is 1. The number of alkyl carbamates (subject to hydrolysis) is 1. The number of carbonyl (C=O) groups excluding carboxylic acids is 1. The average molecular weight is 261 g/mol. The van der Waals surface area contributed by atoms with Crippen LogP contribution in [-0.4, -0.2) is 31.6 Å². The lowest BCUT2D eigenvalue weighted by atomic mass is 10.1. The largest absolute Gasteiger partial charge is 0.445 e. The smallest absolute Gasteiger partial charge is 0.407 e. The Hall–Kier alpha value is -2.04. The van der Waals surface area contributed by atoms with Crippen LogP contribution in [0.3, 0.4) is 0 Å². The third-order valence-electron chi connectivity index (χ3n) is 2.93. The summed E-state index contributed by atoms with van der Waals surface area (Å²) < 4.78 is 5.13. The molecule has 2 rings (SSSR count). The van der Waals surface area contributed by atoms with Gasteiger partial charge in [-0.05, 0) is 5.56 Å². The second-order valence-corrected chi connectivity index (χ2v) is 4.54. The van der Waals surface area contributed by atoms with Crippen LogP contribution >= 0.6 is 0 Å². The molecule has 5 heteroatoms. The fraction of sp³-hybridized carbons (Fsp3) is 0.429. The Bertz CT molecular complexity index is 445. The van der Waals surface area contributed by atoms with Crippen molar-refractivity contribution in [1.82, 2.24) is 10.6 Å². The Balaban J connectivity index is 1.67. The Kier molecular flexibility index (Phi) is 4.78. The van der Waals surface area contributed by atoms with Gasteiger partial charge in [-0.25, -0.2) is 4.79 Å². The topological polar surface area (TPSA) is 62.7 Å². The van der Waals surface area contributed by atoms with Gasteiger partial charge >= 0.3 is 6.09 Å². The van der Waals surface area contributed by atoms with Gasteiger partial charge in [0.1, 0.15) is 12.4 Å². The van der Waals surface area contributed by atoms with Crippen molar-refractivity contribution in [1.29, 1.82) is 0 Å². The SMILES string of the molecule is C[C@@H](CNC(=O)OCc1ccccc1)C1=NCCN1. The van der Waals surface area contributed by atoms with Crippen LogP contribution in [0.15, 0.2) is 35.3 Å². The average Bonchev–Trinajstić information content (AvgIpc) is 2.98. The van der Waals surface area contributed by atoms with Crippen molar-refractivity contribution in [3.63, 3.8) is 0 Å². The zero-order valence-corrected chi connectivity index (χ0v) is 11.1. The van der Waals surface area contributed by atoms with Crippen molar-refractivity contribution in [2.75, 3.05) is 19.6 Å². The number of amidine groups is 1. The first-order chi connectivity index (χ1) is 9.25. The van der Waals surface area contributed by atoms with Crippen molar-refractivity contribution < 1.29 is 9.53 Å². The number of aliphatic imine (C=N–C) groups is 1. The summed E-state index contributed by atoms with van der Waals surface area (Å²) in [5.74, 6) is 1.15. The molecule has 1 aliphatic heterocycles. The maximum atomic E-state index is 11.5. The third-order valence-corrected chi connectivity index (χ3v) is 2.93. The maximum absolute atomic E-state index is 11.5. The Morgan fingerprint density at radius 3 is 2.95 bits per heavy atom. The van der Waals surface area contributed by atoms with Gasteiger partial charge in [0.15, 0.2) is 0 Å². The van der Waals surface area contributed by atoms with Gasteiger partial charge in [-0.2, -0.15) is 0 Å². The van der Waals surface area contributed by atoms with Crippen molar-refractivity contribution in [3.05, 3.63) is 35.9 Å². The van der Waals surface area contributed by atoms with E-state index in [0.29, 0.717) is 13.2 Å². The summed E-state index contributed by atoms with van der Waals surface area (Å²) in [6.45, 7) is 4.55. The summed E-state index contributed by atoms with van der Waals surface area (Å²) in [5, 5.41) is 5.94. The molecule has 0 aromatic heterocycles. The van der Waals surface area contributed by atoms with Crippen LogP contribution in [0.2, 0.25) is 0 Å². The van der Waals surface area contributed by atoms with E-state index in [4.69, 9.17) is 4.74 Å². The van der Waals surface area contributed by atoms with E-state index >= 15 is 0 Å². The van der Waals surface area contributed by atoms with E-state index in [2.05, 4.69) is 15.6 Å². The summed E-state index contributed by atoms with van der Waals surface area (Å²) in [5.41, 5.74) is 0.979. The molecule has 1 heterocycles. The predicted molar refractivity (Wildman–Crippen MR) is 74.1 cm³/mol. The zero-order chi connectivity index (χ0) is 13.5. The number of hydrogen-bond donors (Lipinski definition) is 2. The van der Waals surface area contributed by atoms with Gasteiger partial charge in [0.25, 0.3) is 0 Å². The highest BCUT2D eigenvalue weighted by atomic mass is 16.5. The van der Waals surface area contributed by atoms with Gasteiger partial charge in [-0.15, -0.1) is 0 Å². The molecule has 0 radical (unpaired) electrons. The van der Waals surface area contributed by atoms with E-state index in [0.717, 1.165) is 24.5 Å². The summed E-state index contributed by atoms with van der Waals surface area (Å²) in [6.07, 6.45) is -0.394. The highest BCUT2D eigenvalue weighted by Gasteiger charge is 2.14. The first-order valence-corrected chi connectivity index (χ1v) is 6.48. The van der Waals surface area contributed by atoms with Gasteiger partial charge in [-0.1, -0.05) is 37.3 Å². The van der Waals surface area contributed by atoms with Gasteiger partial charge < -0.3 is 15.4 Å². The van der Waals surface area contributed by atoms with Crippen LogP contribution in [0.5, 0.6) is 0 Å². The van der Waals surface area contributed by atoms with Gasteiger partial charge in [0.2, 0.25) is 0 Å². The highest BCUT2D eigenvalue weighted by Crippen LogP contribution is 2.02. The van der Waals surface area contributed by atoms with E-state index in [1.165, 1.54) is 0 Å². The molecule has 1 aromatic carbocycles. The van der Waals surface area contributed by atoms with Crippen molar-refractivity contribution in [2.45, 2.75) is 13.5 Å². The predicted octanol–water partition coefficient (Wildman–Crippen LogP) is 1.55. The van der Waals surface area contributed by atoms with E-state index < -0.39 is 6.09 Å². The second kappa shape index (κ2) is 6.78. The molecular weight excluding hydrogens is 242 g/mol. The van der Waals surface area contributed by atoms with Gasteiger partial charge in [0.05, 0.1) is 6.54 Å². The lowest BCUT2D eigenvalue weighted by Crippen LogP contribution is -2.35. The number of rotatable bonds is 5. The van der Waals surface area contributed by atoms with Crippen molar-refractivity contribution in [3.8, 4) is 0 Å². The molecule has 102 valence electrons. The summed E-state index contributed by atoms with van der Waals surface area (Å²) in [4.78, 5) is 15.9. The molecule has 0 aliphatic carbocycles. The minimum absolute atomic E-state index is 0.187. The lowest BCUT2D eigenvalue weighted by molar-refractivity contribution is 0.139. The first-order valence-electron chi connectivity index (χ1n) is 6.48. The summed E-state index contributed by atoms with van der Waals surface area (Å²) in [7, 11) is 0. The van der Waals surface area contributed by atoms with E-state index in [1.54, 1.807) is 0 Å². The molecule has 0 spiro atoms. The first kappa shape index (κ1) is 13.4. The molecule has 1 aromatic rings. The molecule has 1 aliphatic rings. The number of nitrogens with zero attached hydrogens (tertiary/aromatic N) is 1. The van der Waals surface area contributed by atoms with Gasteiger partial charge in [0, 0.05) is 19.0 Å². The van der Waals surface area contributed by atoms with Crippen molar-refractivity contribution >= 4 is 11.9 Å². The molecule has 0 bridgehead atoms. The highest BCUT2D eigenvalue weighted by molar-refractivity contribution is 5.86. The van der Waals surface area contributed by atoms with Crippen LogP contribution in [0.1, 0.15) is 12.5 Å². The molecule has 2 N–H and O–H groups in total. The van der Waals surface area contributed by atoms with Crippen molar-refractivity contribution in [2.24, 2.45) is 10.9 Å². The maximum Gasteiger partial charge on any atom is 0.407 e. The van der Waals surface area contributed by atoms with Crippen LogP contribution in [0, 0.1) is 5.92 Å². The quantitative estimate of drug-likeness (QED) is 0.845. The minimum Gasteiger partial charge on any atom is -0.445 e. The van der Waals surface area contributed by atoms with Gasteiger partial charge in [-0.3, -0.25) is 4.99 Å². The molecule has 0 saturated heterocycles. The standard InChI is InChI=1S/C14H19N3O2/c1-11(13-15-7-8-16-13)9-17-14(18)19-10-12-5-3-2-4-6-12/h2-6,11H,7-10H2,1H3,(H,15,16)(H,17,18)/t11-/m0/s1.